The van der Waals surface area contributed by atoms with E-state index >= 15 is 0 Å². The second-order valence-electron chi connectivity index (χ2n) is 5.85. The van der Waals surface area contributed by atoms with Crippen LogP contribution in [0.1, 0.15) is 19.3 Å². The zero-order chi connectivity index (χ0) is 17.2. The first-order valence-corrected chi connectivity index (χ1v) is 8.43. The fraction of sp³-hybridized carbons (Fsp3) is 0.556. The molecule has 24 heavy (non-hydrogen) atoms. The van der Waals surface area contributed by atoms with E-state index in [-0.39, 0.29) is 17.7 Å². The molecule has 2 rings (SSSR count). The van der Waals surface area contributed by atoms with E-state index in [0.717, 1.165) is 5.75 Å². The Bertz CT molecular complexity index is 513. The average Bonchev–Trinajstić information content (AvgIpc) is 2.63. The van der Waals surface area contributed by atoms with Gasteiger partial charge in [0.05, 0.1) is 19.6 Å². The van der Waals surface area contributed by atoms with Gasteiger partial charge in [0.2, 0.25) is 11.8 Å². The number of likely N-dealkylation sites (tertiary alicyclic amines) is 1. The van der Waals surface area contributed by atoms with Crippen LogP contribution >= 0.6 is 0 Å². The number of rotatable bonds is 8. The molecule has 0 saturated carbocycles. The van der Waals surface area contributed by atoms with Gasteiger partial charge in [0.25, 0.3) is 0 Å². The number of methoxy groups -OCH3 is 1. The Hall–Kier alpha value is -2.08. The Morgan fingerprint density at radius 3 is 2.54 bits per heavy atom. The zero-order valence-electron chi connectivity index (χ0n) is 14.2. The molecule has 0 bridgehead atoms. The lowest BCUT2D eigenvalue weighted by atomic mass is 9.95. The highest BCUT2D eigenvalue weighted by Gasteiger charge is 2.26. The van der Waals surface area contributed by atoms with Crippen molar-refractivity contribution in [3.05, 3.63) is 30.3 Å². The maximum atomic E-state index is 12.2. The van der Waals surface area contributed by atoms with Gasteiger partial charge in [-0.2, -0.15) is 0 Å². The summed E-state index contributed by atoms with van der Waals surface area (Å²) in [6.45, 7) is 2.69. The summed E-state index contributed by atoms with van der Waals surface area (Å²) in [5.74, 6) is 0.916. The summed E-state index contributed by atoms with van der Waals surface area (Å²) in [5, 5.41) is 2.86. The zero-order valence-corrected chi connectivity index (χ0v) is 14.2. The molecule has 1 heterocycles. The number of carbonyl (C=O) groups is 2. The molecule has 0 aromatic heterocycles. The number of amides is 2. The standard InChI is InChI=1S/C18H26N2O4/c1-23-14-10-19-18(22)15-7-11-20(12-8-15)17(21)9-13-24-16-5-3-2-4-6-16/h2-6,15H,7-14H2,1H3,(H,19,22). The summed E-state index contributed by atoms with van der Waals surface area (Å²) in [6.07, 6.45) is 1.79. The minimum absolute atomic E-state index is 0.00789. The van der Waals surface area contributed by atoms with Crippen LogP contribution in [0.2, 0.25) is 0 Å². The number of hydrogen-bond acceptors (Lipinski definition) is 4. The van der Waals surface area contributed by atoms with E-state index in [1.165, 1.54) is 0 Å². The minimum Gasteiger partial charge on any atom is -0.493 e. The summed E-state index contributed by atoms with van der Waals surface area (Å²) in [5.41, 5.74) is 0. The lowest BCUT2D eigenvalue weighted by Crippen LogP contribution is -2.43. The third-order valence-electron chi connectivity index (χ3n) is 4.15. The highest BCUT2D eigenvalue weighted by Crippen LogP contribution is 2.18. The van der Waals surface area contributed by atoms with Crippen LogP contribution in [0, 0.1) is 5.92 Å². The summed E-state index contributed by atoms with van der Waals surface area (Å²) in [6, 6.07) is 9.48. The third-order valence-corrected chi connectivity index (χ3v) is 4.15. The van der Waals surface area contributed by atoms with Crippen LogP contribution < -0.4 is 10.1 Å². The van der Waals surface area contributed by atoms with E-state index < -0.39 is 0 Å². The topological polar surface area (TPSA) is 67.9 Å². The number of ether oxygens (including phenoxy) is 2. The molecule has 132 valence electrons. The first-order chi connectivity index (χ1) is 11.7. The van der Waals surface area contributed by atoms with Gasteiger partial charge in [-0.15, -0.1) is 0 Å². The van der Waals surface area contributed by atoms with Crippen molar-refractivity contribution in [2.24, 2.45) is 5.92 Å². The third kappa shape index (κ3) is 5.85. The fourth-order valence-electron chi connectivity index (χ4n) is 2.74. The van der Waals surface area contributed by atoms with Gasteiger partial charge < -0.3 is 19.7 Å². The molecule has 1 aromatic carbocycles. The Morgan fingerprint density at radius 1 is 1.17 bits per heavy atom. The largest absolute Gasteiger partial charge is 0.493 e. The molecule has 1 aliphatic rings. The Morgan fingerprint density at radius 2 is 1.88 bits per heavy atom. The van der Waals surface area contributed by atoms with Crippen molar-refractivity contribution in [3.63, 3.8) is 0 Å². The number of hydrogen-bond donors (Lipinski definition) is 1. The summed E-state index contributed by atoms with van der Waals surface area (Å²) < 4.78 is 10.5. The van der Waals surface area contributed by atoms with E-state index in [9.17, 15) is 9.59 Å². The quantitative estimate of drug-likeness (QED) is 0.731. The highest BCUT2D eigenvalue weighted by molar-refractivity contribution is 5.80. The number of piperidine rings is 1. The molecule has 0 spiro atoms. The fourth-order valence-corrected chi connectivity index (χ4v) is 2.74. The molecule has 1 aromatic rings. The van der Waals surface area contributed by atoms with Gasteiger partial charge in [-0.3, -0.25) is 9.59 Å². The van der Waals surface area contributed by atoms with E-state index in [1.807, 2.05) is 35.2 Å². The molecule has 1 saturated heterocycles. The molecule has 2 amide bonds. The molecule has 1 aliphatic heterocycles. The molecular weight excluding hydrogens is 308 g/mol. The van der Waals surface area contributed by atoms with E-state index in [4.69, 9.17) is 9.47 Å². The average molecular weight is 334 g/mol. The normalized spacial score (nSPS) is 15.1. The van der Waals surface area contributed by atoms with Gasteiger partial charge >= 0.3 is 0 Å². The monoisotopic (exact) mass is 334 g/mol. The number of nitrogens with one attached hydrogen (secondary N) is 1. The van der Waals surface area contributed by atoms with Gasteiger partial charge in [-0.1, -0.05) is 18.2 Å². The van der Waals surface area contributed by atoms with E-state index in [0.29, 0.717) is 52.1 Å². The Labute approximate surface area is 143 Å². The molecule has 1 N–H and O–H groups in total. The number of nitrogens with zero attached hydrogens (tertiary/aromatic N) is 1. The van der Waals surface area contributed by atoms with Crippen LogP contribution in [-0.2, 0) is 14.3 Å². The Balaban J connectivity index is 1.64. The number of benzene rings is 1. The molecule has 0 aliphatic carbocycles. The van der Waals surface area contributed by atoms with Gasteiger partial charge in [0.1, 0.15) is 5.75 Å². The van der Waals surface area contributed by atoms with Crippen molar-refractivity contribution in [3.8, 4) is 5.75 Å². The van der Waals surface area contributed by atoms with E-state index in [2.05, 4.69) is 5.32 Å². The first kappa shape index (κ1) is 18.3. The minimum atomic E-state index is -0.00789. The summed E-state index contributed by atoms with van der Waals surface area (Å²) >= 11 is 0. The van der Waals surface area contributed by atoms with E-state index in [1.54, 1.807) is 7.11 Å². The van der Waals surface area contributed by atoms with Crippen LogP contribution in [0.4, 0.5) is 0 Å². The van der Waals surface area contributed by atoms with Crippen LogP contribution in [0.3, 0.4) is 0 Å². The molecule has 0 unspecified atom stereocenters. The highest BCUT2D eigenvalue weighted by atomic mass is 16.5. The van der Waals surface area contributed by atoms with Crippen molar-refractivity contribution in [2.75, 3.05) is 40.0 Å². The molecule has 6 nitrogen and oxygen atoms in total. The number of carbonyl (C=O) groups excluding carboxylic acids is 2. The van der Waals surface area contributed by atoms with Gasteiger partial charge in [-0.25, -0.2) is 0 Å². The molecule has 1 fully saturated rings. The summed E-state index contributed by atoms with van der Waals surface area (Å²) in [4.78, 5) is 26.0. The van der Waals surface area contributed by atoms with Crippen molar-refractivity contribution >= 4 is 11.8 Å². The van der Waals surface area contributed by atoms with Crippen LogP contribution in [0.25, 0.3) is 0 Å². The van der Waals surface area contributed by atoms with Crippen molar-refractivity contribution in [1.82, 2.24) is 10.2 Å². The second kappa shape index (κ2) is 9.93. The summed E-state index contributed by atoms with van der Waals surface area (Å²) in [7, 11) is 1.61. The Kier molecular flexibility index (Phi) is 7.55. The second-order valence-corrected chi connectivity index (χ2v) is 5.85. The smallest absolute Gasteiger partial charge is 0.225 e. The lowest BCUT2D eigenvalue weighted by Gasteiger charge is -2.31. The van der Waals surface area contributed by atoms with Crippen molar-refractivity contribution in [2.45, 2.75) is 19.3 Å². The molecular formula is C18H26N2O4. The predicted molar refractivity (Wildman–Crippen MR) is 90.7 cm³/mol. The van der Waals surface area contributed by atoms with Crippen LogP contribution in [0.15, 0.2) is 30.3 Å². The predicted octanol–water partition coefficient (Wildman–Crippen LogP) is 1.46. The van der Waals surface area contributed by atoms with Crippen LogP contribution in [0.5, 0.6) is 5.75 Å². The number of para-hydroxylation sites is 1. The first-order valence-electron chi connectivity index (χ1n) is 8.43. The maximum absolute atomic E-state index is 12.2. The maximum Gasteiger partial charge on any atom is 0.225 e. The van der Waals surface area contributed by atoms with Gasteiger partial charge in [0.15, 0.2) is 0 Å². The molecule has 0 atom stereocenters. The molecule has 0 radical (unpaired) electrons. The van der Waals surface area contributed by atoms with Crippen molar-refractivity contribution in [1.29, 1.82) is 0 Å². The SMILES string of the molecule is COCCNC(=O)C1CCN(C(=O)CCOc2ccccc2)CC1. The van der Waals surface area contributed by atoms with Gasteiger partial charge in [0, 0.05) is 32.7 Å². The van der Waals surface area contributed by atoms with Crippen LogP contribution in [-0.4, -0.2) is 56.7 Å². The lowest BCUT2D eigenvalue weighted by molar-refractivity contribution is -0.136. The van der Waals surface area contributed by atoms with Crippen molar-refractivity contribution < 1.29 is 19.1 Å². The van der Waals surface area contributed by atoms with Gasteiger partial charge in [-0.05, 0) is 25.0 Å². The molecule has 6 heteroatoms.